The number of rotatable bonds is 5. The number of hydrogen-bond acceptors (Lipinski definition) is 4. The number of anilines is 1. The Morgan fingerprint density at radius 3 is 2.61 bits per heavy atom. The number of carbonyl (C=O) groups is 3. The summed E-state index contributed by atoms with van der Waals surface area (Å²) in [5.41, 5.74) is 0.0883. The standard InChI is InChI=1S/C11H14N2O4S/c1-6-5-8(11(16)17)10(18-6)13-9(15)3-4-12-7(2)14/h5H,3-4H2,1-2H3,(H,12,14)(H,13,15)(H,16,17). The van der Waals surface area contributed by atoms with Gasteiger partial charge in [0.1, 0.15) is 5.00 Å². The third-order valence-corrected chi connectivity index (χ3v) is 3.03. The summed E-state index contributed by atoms with van der Waals surface area (Å²) in [6, 6.07) is 1.51. The van der Waals surface area contributed by atoms with Gasteiger partial charge in [0, 0.05) is 24.8 Å². The number of carbonyl (C=O) groups excluding carboxylic acids is 2. The fraction of sp³-hybridized carbons (Fsp3) is 0.364. The van der Waals surface area contributed by atoms with Crippen LogP contribution in [-0.2, 0) is 9.59 Å². The second-order valence-electron chi connectivity index (χ2n) is 3.69. The molecule has 2 amide bonds. The third kappa shape index (κ3) is 4.17. The molecule has 0 aliphatic carbocycles. The molecule has 18 heavy (non-hydrogen) atoms. The van der Waals surface area contributed by atoms with Crippen LogP contribution in [0.15, 0.2) is 6.07 Å². The first-order valence-electron chi connectivity index (χ1n) is 5.28. The van der Waals surface area contributed by atoms with Crippen LogP contribution in [0, 0.1) is 6.92 Å². The molecule has 1 heterocycles. The van der Waals surface area contributed by atoms with Gasteiger partial charge in [0.15, 0.2) is 0 Å². The second kappa shape index (κ2) is 6.15. The molecule has 0 atom stereocenters. The summed E-state index contributed by atoms with van der Waals surface area (Å²) in [5.74, 6) is -1.61. The van der Waals surface area contributed by atoms with E-state index in [1.807, 2.05) is 0 Å². The molecule has 0 fully saturated rings. The van der Waals surface area contributed by atoms with Crippen molar-refractivity contribution in [3.05, 3.63) is 16.5 Å². The molecule has 0 aliphatic heterocycles. The van der Waals surface area contributed by atoms with Gasteiger partial charge >= 0.3 is 5.97 Å². The van der Waals surface area contributed by atoms with Crippen LogP contribution in [0.25, 0.3) is 0 Å². The van der Waals surface area contributed by atoms with E-state index in [0.717, 1.165) is 4.88 Å². The highest BCUT2D eigenvalue weighted by molar-refractivity contribution is 7.16. The van der Waals surface area contributed by atoms with Gasteiger partial charge in [-0.3, -0.25) is 9.59 Å². The molecule has 98 valence electrons. The fourth-order valence-electron chi connectivity index (χ4n) is 1.31. The van der Waals surface area contributed by atoms with E-state index in [2.05, 4.69) is 10.6 Å². The van der Waals surface area contributed by atoms with Crippen LogP contribution in [0.1, 0.15) is 28.6 Å². The number of thiophene rings is 1. The van der Waals surface area contributed by atoms with Crippen molar-refractivity contribution in [1.29, 1.82) is 0 Å². The topological polar surface area (TPSA) is 95.5 Å². The highest BCUT2D eigenvalue weighted by Gasteiger charge is 2.15. The van der Waals surface area contributed by atoms with Crippen LogP contribution in [0.3, 0.4) is 0 Å². The van der Waals surface area contributed by atoms with Crippen molar-refractivity contribution >= 4 is 34.1 Å². The first-order valence-corrected chi connectivity index (χ1v) is 6.10. The van der Waals surface area contributed by atoms with Crippen molar-refractivity contribution in [2.75, 3.05) is 11.9 Å². The lowest BCUT2D eigenvalue weighted by Crippen LogP contribution is -2.25. The number of aryl methyl sites for hydroxylation is 1. The van der Waals surface area contributed by atoms with Gasteiger partial charge in [-0.2, -0.15) is 0 Å². The molecule has 0 spiro atoms. The van der Waals surface area contributed by atoms with Crippen LogP contribution in [-0.4, -0.2) is 29.4 Å². The maximum absolute atomic E-state index is 11.5. The monoisotopic (exact) mass is 270 g/mol. The maximum Gasteiger partial charge on any atom is 0.338 e. The van der Waals surface area contributed by atoms with Gasteiger partial charge < -0.3 is 15.7 Å². The normalized spacial score (nSPS) is 9.89. The Balaban J connectivity index is 2.59. The van der Waals surface area contributed by atoms with Crippen LogP contribution in [0.4, 0.5) is 5.00 Å². The van der Waals surface area contributed by atoms with E-state index < -0.39 is 5.97 Å². The van der Waals surface area contributed by atoms with Gasteiger partial charge in [0.25, 0.3) is 0 Å². The Morgan fingerprint density at radius 2 is 2.06 bits per heavy atom. The summed E-state index contributed by atoms with van der Waals surface area (Å²) in [6.45, 7) is 3.36. The number of aromatic carboxylic acids is 1. The van der Waals surface area contributed by atoms with E-state index in [4.69, 9.17) is 5.11 Å². The van der Waals surface area contributed by atoms with E-state index >= 15 is 0 Å². The number of amides is 2. The summed E-state index contributed by atoms with van der Waals surface area (Å²) in [4.78, 5) is 33.9. The Morgan fingerprint density at radius 1 is 1.39 bits per heavy atom. The minimum absolute atomic E-state index is 0.0883. The van der Waals surface area contributed by atoms with Crippen LogP contribution in [0.2, 0.25) is 0 Å². The molecule has 3 N–H and O–H groups in total. The van der Waals surface area contributed by atoms with Crippen molar-refractivity contribution < 1.29 is 19.5 Å². The molecule has 0 unspecified atom stereocenters. The zero-order chi connectivity index (χ0) is 13.7. The minimum atomic E-state index is -1.07. The summed E-state index contributed by atoms with van der Waals surface area (Å²) in [5, 5.41) is 14.3. The zero-order valence-electron chi connectivity index (χ0n) is 10.1. The van der Waals surface area contributed by atoms with Crippen molar-refractivity contribution in [1.82, 2.24) is 5.32 Å². The number of nitrogens with one attached hydrogen (secondary N) is 2. The van der Waals surface area contributed by atoms with E-state index in [1.54, 1.807) is 6.92 Å². The lowest BCUT2D eigenvalue weighted by molar-refractivity contribution is -0.119. The van der Waals surface area contributed by atoms with E-state index in [0.29, 0.717) is 5.00 Å². The SMILES string of the molecule is CC(=O)NCCC(=O)Nc1sc(C)cc1C(=O)O. The van der Waals surface area contributed by atoms with Gasteiger partial charge in [-0.25, -0.2) is 4.79 Å². The lowest BCUT2D eigenvalue weighted by atomic mass is 10.3. The largest absolute Gasteiger partial charge is 0.478 e. The van der Waals surface area contributed by atoms with Crippen LogP contribution < -0.4 is 10.6 Å². The maximum atomic E-state index is 11.5. The lowest BCUT2D eigenvalue weighted by Gasteiger charge is -2.04. The quantitative estimate of drug-likeness (QED) is 0.749. The molecule has 0 saturated carbocycles. The zero-order valence-corrected chi connectivity index (χ0v) is 10.9. The Hall–Kier alpha value is -1.89. The molecule has 0 aromatic carbocycles. The number of carboxylic acid groups (broad SMARTS) is 1. The molecular formula is C11H14N2O4S. The average Bonchev–Trinajstić information content (AvgIpc) is 2.58. The minimum Gasteiger partial charge on any atom is -0.478 e. The molecule has 0 aliphatic rings. The Labute approximate surface area is 108 Å². The highest BCUT2D eigenvalue weighted by atomic mass is 32.1. The summed E-state index contributed by atoms with van der Waals surface area (Å²) < 4.78 is 0. The molecule has 1 aromatic heterocycles. The molecule has 0 saturated heterocycles. The van der Waals surface area contributed by atoms with Crippen molar-refractivity contribution in [2.24, 2.45) is 0 Å². The van der Waals surface area contributed by atoms with Gasteiger partial charge in [0.2, 0.25) is 11.8 Å². The number of carboxylic acids is 1. The van der Waals surface area contributed by atoms with Crippen molar-refractivity contribution in [3.63, 3.8) is 0 Å². The average molecular weight is 270 g/mol. The summed E-state index contributed by atoms with van der Waals surface area (Å²) in [6.07, 6.45) is 0.107. The fourth-order valence-corrected chi connectivity index (χ4v) is 2.23. The smallest absolute Gasteiger partial charge is 0.338 e. The Kier molecular flexibility index (Phi) is 4.85. The molecular weight excluding hydrogens is 256 g/mol. The predicted octanol–water partition coefficient (Wildman–Crippen LogP) is 1.22. The molecule has 0 radical (unpaired) electrons. The molecule has 1 aromatic rings. The van der Waals surface area contributed by atoms with Gasteiger partial charge in [-0.1, -0.05) is 0 Å². The van der Waals surface area contributed by atoms with Crippen molar-refractivity contribution in [3.8, 4) is 0 Å². The highest BCUT2D eigenvalue weighted by Crippen LogP contribution is 2.27. The third-order valence-electron chi connectivity index (χ3n) is 2.06. The Bertz CT molecular complexity index is 481. The summed E-state index contributed by atoms with van der Waals surface area (Å²) >= 11 is 1.21. The predicted molar refractivity (Wildman–Crippen MR) is 67.9 cm³/mol. The molecule has 0 bridgehead atoms. The van der Waals surface area contributed by atoms with E-state index in [-0.39, 0.29) is 30.3 Å². The van der Waals surface area contributed by atoms with Crippen molar-refractivity contribution in [2.45, 2.75) is 20.3 Å². The van der Waals surface area contributed by atoms with Crippen LogP contribution >= 0.6 is 11.3 Å². The molecule has 1 rings (SSSR count). The van der Waals surface area contributed by atoms with Crippen LogP contribution in [0.5, 0.6) is 0 Å². The first-order chi connectivity index (χ1) is 8.40. The second-order valence-corrected chi connectivity index (χ2v) is 4.94. The molecule has 7 heteroatoms. The first kappa shape index (κ1) is 14.2. The van der Waals surface area contributed by atoms with Gasteiger partial charge in [-0.15, -0.1) is 11.3 Å². The van der Waals surface area contributed by atoms with Gasteiger partial charge in [-0.05, 0) is 13.0 Å². The summed E-state index contributed by atoms with van der Waals surface area (Å²) in [7, 11) is 0. The molecule has 6 nitrogen and oxygen atoms in total. The number of hydrogen-bond donors (Lipinski definition) is 3. The van der Waals surface area contributed by atoms with Gasteiger partial charge in [0.05, 0.1) is 5.56 Å². The van der Waals surface area contributed by atoms with E-state index in [9.17, 15) is 14.4 Å². The van der Waals surface area contributed by atoms with E-state index in [1.165, 1.54) is 24.3 Å².